The topological polar surface area (TPSA) is 169 Å². The zero-order valence-corrected chi connectivity index (χ0v) is 16.0. The van der Waals surface area contributed by atoms with E-state index in [9.17, 15) is 34.8 Å². The molecule has 0 aromatic rings. The van der Waals surface area contributed by atoms with Gasteiger partial charge in [-0.2, -0.15) is 0 Å². The molecule has 0 aliphatic carbocycles. The van der Waals surface area contributed by atoms with Crippen LogP contribution in [0.3, 0.4) is 0 Å². The first kappa shape index (κ1) is 24.2. The summed E-state index contributed by atoms with van der Waals surface area (Å²) in [6, 6.07) is 0. The third-order valence-electron chi connectivity index (χ3n) is 3.61. The molecular weight excluding hydrogens is 380 g/mol. The van der Waals surface area contributed by atoms with Crippen molar-refractivity contribution in [3.8, 4) is 0 Å². The van der Waals surface area contributed by atoms with E-state index in [4.69, 9.17) is 18.9 Å². The monoisotopic (exact) mass is 408 g/mol. The Bertz CT molecular complexity index is 531. The van der Waals surface area contributed by atoms with Crippen molar-refractivity contribution < 1.29 is 53.8 Å². The lowest BCUT2D eigenvalue weighted by atomic mass is 10.0. The molecule has 0 spiro atoms. The fourth-order valence-corrected chi connectivity index (χ4v) is 2.47. The van der Waals surface area contributed by atoms with Gasteiger partial charge in [0.2, 0.25) is 0 Å². The Kier molecular flexibility index (Phi) is 9.76. The zero-order valence-electron chi connectivity index (χ0n) is 16.0. The van der Waals surface area contributed by atoms with E-state index in [1.54, 1.807) is 0 Å². The number of esters is 3. The van der Waals surface area contributed by atoms with Crippen LogP contribution in [0, 0.1) is 0 Å². The van der Waals surface area contributed by atoms with E-state index in [2.05, 4.69) is 0 Å². The first-order valence-corrected chi connectivity index (χ1v) is 8.91. The van der Waals surface area contributed by atoms with Gasteiger partial charge in [-0.25, -0.2) is 0 Å². The molecule has 4 unspecified atom stereocenters. The van der Waals surface area contributed by atoms with Crippen LogP contribution in [0.2, 0.25) is 0 Å². The molecule has 1 rings (SSSR count). The predicted octanol–water partition coefficient (Wildman–Crippen LogP) is -1.62. The highest BCUT2D eigenvalue weighted by Crippen LogP contribution is 2.24. The summed E-state index contributed by atoms with van der Waals surface area (Å²) in [6.07, 6.45) is -9.92. The molecule has 0 radical (unpaired) electrons. The number of aliphatic hydroxyl groups is 4. The van der Waals surface area contributed by atoms with Gasteiger partial charge in [0.05, 0.1) is 44.2 Å². The van der Waals surface area contributed by atoms with E-state index < -0.39 is 60.8 Å². The molecule has 1 aliphatic rings. The van der Waals surface area contributed by atoms with E-state index in [1.165, 1.54) is 20.8 Å². The van der Waals surface area contributed by atoms with Crippen molar-refractivity contribution in [2.24, 2.45) is 0 Å². The molecule has 4 N–H and O–H groups in total. The van der Waals surface area contributed by atoms with Gasteiger partial charge in [-0.15, -0.1) is 0 Å². The molecule has 11 heteroatoms. The molecule has 28 heavy (non-hydrogen) atoms. The van der Waals surface area contributed by atoms with Crippen LogP contribution < -0.4 is 0 Å². The van der Waals surface area contributed by atoms with Gasteiger partial charge in [0.1, 0.15) is 0 Å². The number of hydrogen-bond donors (Lipinski definition) is 4. The minimum absolute atomic E-state index is 0.333. The highest BCUT2D eigenvalue weighted by atomic mass is 16.7. The van der Waals surface area contributed by atoms with Gasteiger partial charge >= 0.3 is 17.9 Å². The second kappa shape index (κ2) is 11.3. The minimum atomic E-state index is -1.67. The van der Waals surface area contributed by atoms with Crippen molar-refractivity contribution in [1.29, 1.82) is 0 Å². The molecule has 0 saturated carbocycles. The number of rotatable bonds is 9. The Hall–Kier alpha value is -1.79. The Labute approximate surface area is 162 Å². The maximum absolute atomic E-state index is 12.0. The standard InChI is InChI=1S/C17H28O11/c1-8(18)4-12(21)26-11-7-25-17(24)16(28-14(23)6-10(3)20)15(11)27-13(22)5-9(2)19/h8-11,15-20,24H,4-7H2,1-3H3/t8?,9?,10?,11-,15+,16-,17?/m1/s1. The van der Waals surface area contributed by atoms with Crippen molar-refractivity contribution in [3.63, 3.8) is 0 Å². The zero-order chi connectivity index (χ0) is 21.4. The molecule has 1 heterocycles. The number of carbonyl (C=O) groups is 3. The number of aliphatic hydroxyl groups excluding tert-OH is 4. The molecule has 7 atom stereocenters. The summed E-state index contributed by atoms with van der Waals surface area (Å²) < 4.78 is 20.5. The highest BCUT2D eigenvalue weighted by molar-refractivity contribution is 5.72. The Morgan fingerprint density at radius 2 is 1.21 bits per heavy atom. The van der Waals surface area contributed by atoms with Crippen LogP contribution >= 0.6 is 0 Å². The van der Waals surface area contributed by atoms with Crippen LogP contribution in [0.5, 0.6) is 0 Å². The summed E-state index contributed by atoms with van der Waals surface area (Å²) in [5.74, 6) is -2.58. The smallest absolute Gasteiger partial charge is 0.309 e. The summed E-state index contributed by atoms with van der Waals surface area (Å²) in [6.45, 7) is 3.74. The van der Waals surface area contributed by atoms with Gasteiger partial charge in [-0.3, -0.25) is 14.4 Å². The molecule has 1 saturated heterocycles. The average molecular weight is 408 g/mol. The Morgan fingerprint density at radius 1 is 0.821 bits per heavy atom. The third kappa shape index (κ3) is 8.48. The molecule has 11 nitrogen and oxygen atoms in total. The first-order valence-electron chi connectivity index (χ1n) is 8.91. The van der Waals surface area contributed by atoms with Crippen molar-refractivity contribution in [1.82, 2.24) is 0 Å². The highest BCUT2D eigenvalue weighted by Gasteiger charge is 2.47. The van der Waals surface area contributed by atoms with Crippen LogP contribution in [0.15, 0.2) is 0 Å². The minimum Gasteiger partial charge on any atom is -0.456 e. The predicted molar refractivity (Wildman–Crippen MR) is 90.5 cm³/mol. The Balaban J connectivity index is 2.97. The van der Waals surface area contributed by atoms with E-state index in [0.29, 0.717) is 0 Å². The van der Waals surface area contributed by atoms with Gasteiger partial charge in [-0.1, -0.05) is 0 Å². The first-order chi connectivity index (χ1) is 13.0. The van der Waals surface area contributed by atoms with Crippen LogP contribution in [0.4, 0.5) is 0 Å². The summed E-state index contributed by atoms with van der Waals surface area (Å²) in [7, 11) is 0. The number of hydrogen-bond acceptors (Lipinski definition) is 11. The van der Waals surface area contributed by atoms with Crippen molar-refractivity contribution >= 4 is 17.9 Å². The summed E-state index contributed by atoms with van der Waals surface area (Å²) in [4.78, 5) is 35.7. The van der Waals surface area contributed by atoms with Crippen LogP contribution in [-0.4, -0.2) is 87.9 Å². The molecule has 0 bridgehead atoms. The fraction of sp³-hybridized carbons (Fsp3) is 0.824. The van der Waals surface area contributed by atoms with Crippen molar-refractivity contribution in [3.05, 3.63) is 0 Å². The lowest BCUT2D eigenvalue weighted by molar-refractivity contribution is -0.269. The van der Waals surface area contributed by atoms with Crippen molar-refractivity contribution in [2.45, 2.75) is 82.9 Å². The molecule has 1 aliphatic heterocycles. The third-order valence-corrected chi connectivity index (χ3v) is 3.61. The van der Waals surface area contributed by atoms with Gasteiger partial charge in [0.15, 0.2) is 24.6 Å². The molecule has 0 aromatic carbocycles. The van der Waals surface area contributed by atoms with Crippen LogP contribution in [-0.2, 0) is 33.3 Å². The SMILES string of the molecule is CC(O)CC(=O)O[C@H]1[C@H](OC(=O)CC(C)O)COC(O)[C@@H]1OC(=O)CC(C)O. The van der Waals surface area contributed by atoms with Crippen molar-refractivity contribution in [2.75, 3.05) is 6.61 Å². The molecule has 0 aromatic heterocycles. The van der Waals surface area contributed by atoms with Crippen LogP contribution in [0.1, 0.15) is 40.0 Å². The van der Waals surface area contributed by atoms with Crippen LogP contribution in [0.25, 0.3) is 0 Å². The maximum atomic E-state index is 12.0. The quantitative estimate of drug-likeness (QED) is 0.255. The lowest BCUT2D eigenvalue weighted by Gasteiger charge is -2.39. The van der Waals surface area contributed by atoms with E-state index >= 15 is 0 Å². The van der Waals surface area contributed by atoms with E-state index in [-0.39, 0.29) is 25.9 Å². The van der Waals surface area contributed by atoms with Gasteiger partial charge in [-0.05, 0) is 20.8 Å². The summed E-state index contributed by atoms with van der Waals surface area (Å²) in [5.41, 5.74) is 0. The average Bonchev–Trinajstić information content (AvgIpc) is 2.51. The lowest BCUT2D eigenvalue weighted by Crippen LogP contribution is -2.57. The van der Waals surface area contributed by atoms with Gasteiger partial charge in [0.25, 0.3) is 0 Å². The number of carbonyl (C=O) groups excluding carboxylic acids is 3. The second-order valence-corrected chi connectivity index (χ2v) is 6.82. The second-order valence-electron chi connectivity index (χ2n) is 6.82. The van der Waals surface area contributed by atoms with Gasteiger partial charge < -0.3 is 39.4 Å². The van der Waals surface area contributed by atoms with Gasteiger partial charge in [0, 0.05) is 0 Å². The largest absolute Gasteiger partial charge is 0.456 e. The van der Waals surface area contributed by atoms with E-state index in [0.717, 1.165) is 0 Å². The fourth-order valence-electron chi connectivity index (χ4n) is 2.47. The normalized spacial score (nSPS) is 28.0. The maximum Gasteiger partial charge on any atom is 0.309 e. The summed E-state index contributed by atoms with van der Waals surface area (Å²) >= 11 is 0. The molecular formula is C17H28O11. The van der Waals surface area contributed by atoms with E-state index in [1.807, 2.05) is 0 Å². The molecule has 162 valence electrons. The molecule has 1 fully saturated rings. The number of ether oxygens (including phenoxy) is 4. The Morgan fingerprint density at radius 3 is 1.64 bits per heavy atom. The molecule has 0 amide bonds. The summed E-state index contributed by atoms with van der Waals surface area (Å²) in [5, 5.41) is 37.9.